The van der Waals surface area contributed by atoms with Crippen molar-refractivity contribution < 1.29 is 28.6 Å². The fourth-order valence-electron chi connectivity index (χ4n) is 6.70. The quantitative estimate of drug-likeness (QED) is 0.566. The van der Waals surface area contributed by atoms with Gasteiger partial charge in [-0.15, -0.1) is 0 Å². The molecule has 3 fully saturated rings. The van der Waals surface area contributed by atoms with Crippen LogP contribution in [0.15, 0.2) is 48.7 Å². The predicted molar refractivity (Wildman–Crippen MR) is 136 cm³/mol. The Labute approximate surface area is 216 Å². The van der Waals surface area contributed by atoms with Crippen molar-refractivity contribution >= 4 is 18.1 Å². The lowest BCUT2D eigenvalue weighted by Crippen LogP contribution is -2.56. The Hall–Kier alpha value is -3.26. The Balaban J connectivity index is 1.37. The number of alkyl carbamates (subject to hydrolysis) is 1. The molecule has 1 aliphatic heterocycles. The Bertz CT molecular complexity index is 1190. The molecule has 0 bridgehead atoms. The number of hydrogen-bond donors (Lipinski definition) is 2. The van der Waals surface area contributed by atoms with Gasteiger partial charge in [0.1, 0.15) is 11.9 Å². The topological polar surface area (TPSA) is 97.8 Å². The molecule has 1 saturated heterocycles. The molecule has 0 unspecified atom stereocenters. The van der Waals surface area contributed by atoms with Crippen LogP contribution < -0.4 is 5.32 Å². The van der Waals surface area contributed by atoms with Crippen LogP contribution in [0.1, 0.15) is 45.2 Å². The monoisotopic (exact) mass is 508 g/mol. The Morgan fingerprint density at radius 1 is 1.30 bits per heavy atom. The summed E-state index contributed by atoms with van der Waals surface area (Å²) >= 11 is 0. The van der Waals surface area contributed by atoms with Crippen molar-refractivity contribution in [3.05, 3.63) is 60.2 Å². The van der Waals surface area contributed by atoms with Crippen molar-refractivity contribution in [2.75, 3.05) is 6.61 Å². The highest BCUT2D eigenvalue weighted by Crippen LogP contribution is 2.55. The average molecular weight is 509 g/mol. The minimum absolute atomic E-state index is 0.0535. The molecule has 1 amide bonds. The van der Waals surface area contributed by atoms with Crippen LogP contribution in [0.3, 0.4) is 0 Å². The molecule has 0 radical (unpaired) electrons. The van der Waals surface area contributed by atoms with Gasteiger partial charge in [-0.1, -0.05) is 24.3 Å². The highest BCUT2D eigenvalue weighted by atomic mass is 19.1. The number of nitrogens with one attached hydrogen (secondary N) is 1. The lowest BCUT2D eigenvalue weighted by atomic mass is 9.55. The van der Waals surface area contributed by atoms with Crippen molar-refractivity contribution in [3.63, 3.8) is 0 Å². The molecule has 2 saturated carbocycles. The first-order chi connectivity index (χ1) is 17.8. The minimum Gasteiger partial charge on any atom is -0.460 e. The van der Waals surface area contributed by atoms with E-state index in [0.29, 0.717) is 19.4 Å². The molecular formula is C29H33FN2O5. The van der Waals surface area contributed by atoms with Crippen LogP contribution in [0.25, 0.3) is 17.2 Å². The van der Waals surface area contributed by atoms with E-state index < -0.39 is 23.8 Å². The van der Waals surface area contributed by atoms with Crippen molar-refractivity contribution in [2.45, 2.75) is 57.3 Å². The van der Waals surface area contributed by atoms with Gasteiger partial charge in [0, 0.05) is 23.7 Å². The Morgan fingerprint density at radius 2 is 2.14 bits per heavy atom. The Kier molecular flexibility index (Phi) is 7.03. The van der Waals surface area contributed by atoms with Crippen LogP contribution in [0.4, 0.5) is 9.18 Å². The number of aromatic nitrogens is 1. The standard InChI is InChI=1S/C29H33FN2O5/c1-3-36-28(34)32-23-10-11-24-20(14-23)15-29(35)26(17(2)37-27(29)33)25(24)12-9-22-8-7-19(16-31-22)18-5-4-6-21(30)13-18/h4-9,12-13,16-17,20,23-26,35H,3,10-11,14-15H2,1-2H3,(H,32,34)/t17-,20+,23-,24-,25+,26+,29+/m1/s1. The van der Waals surface area contributed by atoms with Crippen LogP contribution in [-0.4, -0.2) is 46.5 Å². The third kappa shape index (κ3) is 4.99. The van der Waals surface area contributed by atoms with Gasteiger partial charge in [-0.25, -0.2) is 14.0 Å². The summed E-state index contributed by atoms with van der Waals surface area (Å²) in [6, 6.07) is 10.1. The number of halogens is 1. The number of carbonyl (C=O) groups excluding carboxylic acids is 2. The second-order valence-corrected chi connectivity index (χ2v) is 10.5. The molecule has 2 heterocycles. The van der Waals surface area contributed by atoms with E-state index in [4.69, 9.17) is 9.47 Å². The maximum absolute atomic E-state index is 13.6. The van der Waals surface area contributed by atoms with Crippen LogP contribution in [0.5, 0.6) is 0 Å². The average Bonchev–Trinajstić information content (AvgIpc) is 3.09. The lowest BCUT2D eigenvalue weighted by molar-refractivity contribution is -0.162. The van der Waals surface area contributed by atoms with Crippen LogP contribution in [0, 0.1) is 29.5 Å². The van der Waals surface area contributed by atoms with Gasteiger partial charge >= 0.3 is 12.1 Å². The number of benzene rings is 1. The number of carbonyl (C=O) groups is 2. The van der Waals surface area contributed by atoms with Crippen LogP contribution in [-0.2, 0) is 14.3 Å². The normalized spacial score (nSPS) is 32.9. The molecule has 196 valence electrons. The first-order valence-electron chi connectivity index (χ1n) is 13.1. The molecule has 2 aromatic rings. The molecule has 8 heteroatoms. The molecule has 1 aromatic carbocycles. The molecule has 5 rings (SSSR count). The minimum atomic E-state index is -1.55. The van der Waals surface area contributed by atoms with E-state index in [1.165, 1.54) is 12.1 Å². The Morgan fingerprint density at radius 3 is 2.86 bits per heavy atom. The molecule has 0 spiro atoms. The first kappa shape index (κ1) is 25.4. The second kappa shape index (κ2) is 10.2. The van der Waals surface area contributed by atoms with E-state index in [0.717, 1.165) is 29.7 Å². The SMILES string of the molecule is CCOC(=O)N[C@@H]1CC[C@@H]2[C@@H](C1)C[C@@]1(O)C(=O)O[C@H](C)[C@H]1[C@H]2C=Cc1ccc(-c2cccc(F)c2)cn1. The molecule has 7 atom stereocenters. The predicted octanol–water partition coefficient (Wildman–Crippen LogP) is 4.74. The molecule has 3 aliphatic rings. The summed E-state index contributed by atoms with van der Waals surface area (Å²) in [5, 5.41) is 14.5. The summed E-state index contributed by atoms with van der Waals surface area (Å²) < 4.78 is 24.2. The van der Waals surface area contributed by atoms with Crippen LogP contribution in [0.2, 0.25) is 0 Å². The number of rotatable bonds is 5. The second-order valence-electron chi connectivity index (χ2n) is 10.5. The molecule has 1 aromatic heterocycles. The van der Waals surface area contributed by atoms with Gasteiger partial charge in [0.25, 0.3) is 0 Å². The third-order valence-electron chi connectivity index (χ3n) is 8.26. The molecule has 37 heavy (non-hydrogen) atoms. The maximum Gasteiger partial charge on any atom is 0.407 e. The highest BCUT2D eigenvalue weighted by Gasteiger charge is 2.63. The van der Waals surface area contributed by atoms with Gasteiger partial charge in [0.2, 0.25) is 0 Å². The van der Waals surface area contributed by atoms with Crippen molar-refractivity contribution in [1.29, 1.82) is 0 Å². The van der Waals surface area contributed by atoms with E-state index in [-0.39, 0.29) is 35.5 Å². The number of fused-ring (bicyclic) bond motifs is 2. The number of nitrogens with zero attached hydrogens (tertiary/aromatic N) is 1. The van der Waals surface area contributed by atoms with Gasteiger partial charge in [-0.05, 0) is 87.1 Å². The summed E-state index contributed by atoms with van der Waals surface area (Å²) in [5.41, 5.74) is 0.767. The zero-order valence-corrected chi connectivity index (χ0v) is 21.1. The summed E-state index contributed by atoms with van der Waals surface area (Å²) in [5.74, 6) is -0.990. The number of ether oxygens (including phenoxy) is 2. The maximum atomic E-state index is 13.6. The number of esters is 1. The summed E-state index contributed by atoms with van der Waals surface area (Å²) in [7, 11) is 0. The molecule has 2 N–H and O–H groups in total. The fourth-order valence-corrected chi connectivity index (χ4v) is 6.70. The number of hydrogen-bond acceptors (Lipinski definition) is 6. The lowest BCUT2D eigenvalue weighted by Gasteiger charge is -2.50. The van der Waals surface area contributed by atoms with E-state index >= 15 is 0 Å². The van der Waals surface area contributed by atoms with Gasteiger partial charge < -0.3 is 19.9 Å². The fraction of sp³-hybridized carbons (Fsp3) is 0.483. The zero-order chi connectivity index (χ0) is 26.2. The summed E-state index contributed by atoms with van der Waals surface area (Å²) in [6.45, 7) is 3.92. The third-order valence-corrected chi connectivity index (χ3v) is 8.26. The van der Waals surface area contributed by atoms with Gasteiger partial charge in [-0.3, -0.25) is 4.98 Å². The van der Waals surface area contributed by atoms with Gasteiger partial charge in [-0.2, -0.15) is 0 Å². The summed E-state index contributed by atoms with van der Waals surface area (Å²) in [4.78, 5) is 29.3. The van der Waals surface area contributed by atoms with E-state index in [1.54, 1.807) is 19.2 Å². The van der Waals surface area contributed by atoms with Crippen LogP contribution >= 0.6 is 0 Å². The van der Waals surface area contributed by atoms with Crippen molar-refractivity contribution in [2.24, 2.45) is 23.7 Å². The van der Waals surface area contributed by atoms with Gasteiger partial charge in [0.15, 0.2) is 5.60 Å². The van der Waals surface area contributed by atoms with Gasteiger partial charge in [0.05, 0.1) is 12.3 Å². The van der Waals surface area contributed by atoms with E-state index in [1.807, 2.05) is 31.2 Å². The van der Waals surface area contributed by atoms with Crippen molar-refractivity contribution in [1.82, 2.24) is 10.3 Å². The van der Waals surface area contributed by atoms with Crippen molar-refractivity contribution in [3.8, 4) is 11.1 Å². The number of aliphatic hydroxyl groups is 1. The largest absolute Gasteiger partial charge is 0.460 e. The smallest absolute Gasteiger partial charge is 0.407 e. The molecule has 2 aliphatic carbocycles. The number of allylic oxidation sites excluding steroid dienone is 1. The summed E-state index contributed by atoms with van der Waals surface area (Å²) in [6.07, 6.45) is 7.54. The highest BCUT2D eigenvalue weighted by molar-refractivity contribution is 5.82. The number of pyridine rings is 1. The zero-order valence-electron chi connectivity index (χ0n) is 21.1. The first-order valence-corrected chi connectivity index (χ1v) is 13.1. The van der Waals surface area contributed by atoms with E-state index in [9.17, 15) is 19.1 Å². The molecule has 7 nitrogen and oxygen atoms in total. The number of cyclic esters (lactones) is 1. The van der Waals surface area contributed by atoms with E-state index in [2.05, 4.69) is 16.4 Å². The molecular weight excluding hydrogens is 475 g/mol. The number of amides is 1.